The lowest BCUT2D eigenvalue weighted by Crippen LogP contribution is -2.35. The first-order valence-corrected chi connectivity index (χ1v) is 9.15. The Balaban J connectivity index is 2.18. The summed E-state index contributed by atoms with van der Waals surface area (Å²) in [5.41, 5.74) is 1.22. The van der Waals surface area contributed by atoms with E-state index < -0.39 is 16.1 Å². The van der Waals surface area contributed by atoms with Crippen molar-refractivity contribution < 1.29 is 17.9 Å². The highest BCUT2D eigenvalue weighted by Crippen LogP contribution is 2.17. The second-order valence-electron chi connectivity index (χ2n) is 5.29. The third-order valence-corrected chi connectivity index (χ3v) is 4.71. The van der Waals surface area contributed by atoms with Crippen molar-refractivity contribution in [2.45, 2.75) is 31.6 Å². The van der Waals surface area contributed by atoms with Crippen LogP contribution >= 0.6 is 0 Å². The number of methoxy groups -OCH3 is 1. The van der Waals surface area contributed by atoms with Crippen molar-refractivity contribution in [3.63, 3.8) is 0 Å². The quantitative estimate of drug-likeness (QED) is 0.813. The number of nitrogens with zero attached hydrogens (tertiary/aromatic N) is 2. The van der Waals surface area contributed by atoms with Gasteiger partial charge in [-0.15, -0.1) is 0 Å². The molecule has 1 heterocycles. The molecule has 0 aliphatic rings. The fourth-order valence-electron chi connectivity index (χ4n) is 2.25. The highest BCUT2D eigenvalue weighted by Gasteiger charge is 2.21. The zero-order valence-electron chi connectivity index (χ0n) is 14.2. The van der Waals surface area contributed by atoms with Gasteiger partial charge >= 0.3 is 6.03 Å². The van der Waals surface area contributed by atoms with Crippen LogP contribution in [0.2, 0.25) is 0 Å². The molecule has 0 saturated carbocycles. The van der Waals surface area contributed by atoms with Gasteiger partial charge in [0.05, 0.1) is 12.0 Å². The number of rotatable bonds is 6. The van der Waals surface area contributed by atoms with Crippen molar-refractivity contribution in [2.75, 3.05) is 12.4 Å². The average molecular weight is 364 g/mol. The number of hydrogen-bond donors (Lipinski definition) is 2. The third-order valence-electron chi connectivity index (χ3n) is 3.27. The largest absolute Gasteiger partial charge is 0.481 e. The minimum absolute atomic E-state index is 0.0496. The number of benzene rings is 1. The summed E-state index contributed by atoms with van der Waals surface area (Å²) < 4.78 is 31.9. The lowest BCUT2D eigenvalue weighted by Gasteiger charge is -2.11. The minimum Gasteiger partial charge on any atom is -0.481 e. The van der Waals surface area contributed by atoms with Crippen LogP contribution in [-0.4, -0.2) is 31.5 Å². The second kappa shape index (κ2) is 7.93. The fourth-order valence-corrected chi connectivity index (χ4v) is 3.42. The summed E-state index contributed by atoms with van der Waals surface area (Å²) in [5, 5.41) is 2.30. The van der Waals surface area contributed by atoms with Gasteiger partial charge in [0.15, 0.2) is 0 Å². The normalized spacial score (nSPS) is 11.0. The molecule has 9 heteroatoms. The monoisotopic (exact) mass is 364 g/mol. The molecule has 0 saturated heterocycles. The average Bonchev–Trinajstić information content (AvgIpc) is 2.54. The van der Waals surface area contributed by atoms with E-state index >= 15 is 0 Å². The van der Waals surface area contributed by atoms with Gasteiger partial charge in [-0.25, -0.2) is 22.9 Å². The van der Waals surface area contributed by atoms with E-state index in [1.807, 2.05) is 11.6 Å². The van der Waals surface area contributed by atoms with E-state index in [1.165, 1.54) is 13.2 Å². The highest BCUT2D eigenvalue weighted by atomic mass is 32.2. The number of sulfonamides is 1. The third kappa shape index (κ3) is 4.90. The molecule has 134 valence electrons. The topological polar surface area (TPSA) is 110 Å². The van der Waals surface area contributed by atoms with Crippen LogP contribution in [0.5, 0.6) is 5.88 Å². The zero-order valence-corrected chi connectivity index (χ0v) is 15.1. The lowest BCUT2D eigenvalue weighted by molar-refractivity contribution is 0.256. The van der Waals surface area contributed by atoms with Gasteiger partial charge in [-0.1, -0.05) is 31.5 Å². The van der Waals surface area contributed by atoms with Gasteiger partial charge in [0.1, 0.15) is 0 Å². The standard InChI is InChI=1S/C16H20N4O4S/c1-4-7-12-8-5-6-9-13(12)25(22,23)20-16(21)19-15-17-11(2)10-14(18-15)24-3/h5-6,8-10H,4,7H2,1-3H3,(H2,17,18,19,20,21). The van der Waals surface area contributed by atoms with Gasteiger partial charge in [0, 0.05) is 11.8 Å². The maximum atomic E-state index is 12.5. The molecular weight excluding hydrogens is 344 g/mol. The first-order chi connectivity index (χ1) is 11.9. The number of hydrogen-bond acceptors (Lipinski definition) is 6. The van der Waals surface area contributed by atoms with Crippen LogP contribution in [0.25, 0.3) is 0 Å². The molecule has 0 spiro atoms. The van der Waals surface area contributed by atoms with Crippen molar-refractivity contribution in [2.24, 2.45) is 0 Å². The molecule has 0 atom stereocenters. The molecule has 2 rings (SSSR count). The molecule has 25 heavy (non-hydrogen) atoms. The SMILES string of the molecule is CCCc1ccccc1S(=O)(=O)NC(=O)Nc1nc(C)cc(OC)n1. The number of aromatic nitrogens is 2. The molecule has 0 unspecified atom stereocenters. The molecule has 2 N–H and O–H groups in total. The maximum Gasteiger partial charge on any atom is 0.335 e. The maximum absolute atomic E-state index is 12.5. The molecule has 1 aromatic carbocycles. The number of nitrogens with one attached hydrogen (secondary N) is 2. The fraction of sp³-hybridized carbons (Fsp3) is 0.312. The smallest absolute Gasteiger partial charge is 0.335 e. The number of ether oxygens (including phenoxy) is 1. The molecule has 0 fully saturated rings. The Labute approximate surface area is 146 Å². The summed E-state index contributed by atoms with van der Waals surface area (Å²) in [6.45, 7) is 3.65. The van der Waals surface area contributed by atoms with Crippen LogP contribution in [0.15, 0.2) is 35.2 Å². The molecule has 2 amide bonds. The van der Waals surface area contributed by atoms with E-state index in [2.05, 4.69) is 15.3 Å². The second-order valence-corrected chi connectivity index (χ2v) is 6.94. The Morgan fingerprint density at radius 2 is 1.96 bits per heavy atom. The summed E-state index contributed by atoms with van der Waals surface area (Å²) in [5.74, 6) is 0.213. The summed E-state index contributed by atoms with van der Waals surface area (Å²) >= 11 is 0. The van der Waals surface area contributed by atoms with Gasteiger partial charge in [-0.05, 0) is 25.0 Å². The summed E-state index contributed by atoms with van der Waals surface area (Å²) in [4.78, 5) is 20.1. The van der Waals surface area contributed by atoms with Crippen LogP contribution in [0.4, 0.5) is 10.7 Å². The van der Waals surface area contributed by atoms with E-state index in [4.69, 9.17) is 4.74 Å². The van der Waals surface area contributed by atoms with E-state index in [9.17, 15) is 13.2 Å². The Morgan fingerprint density at radius 1 is 1.24 bits per heavy atom. The molecule has 0 aliphatic heterocycles. The Kier molecular flexibility index (Phi) is 5.92. The minimum atomic E-state index is -4.01. The number of amides is 2. The Bertz CT molecular complexity index is 868. The number of carbonyl (C=O) groups is 1. The Hall–Kier alpha value is -2.68. The Morgan fingerprint density at radius 3 is 2.64 bits per heavy atom. The zero-order chi connectivity index (χ0) is 18.4. The molecule has 0 aliphatic carbocycles. The van der Waals surface area contributed by atoms with Crippen LogP contribution in [0, 0.1) is 6.92 Å². The van der Waals surface area contributed by atoms with E-state index in [1.54, 1.807) is 31.2 Å². The molecule has 8 nitrogen and oxygen atoms in total. The van der Waals surface area contributed by atoms with Crippen molar-refractivity contribution >= 4 is 22.0 Å². The van der Waals surface area contributed by atoms with Gasteiger partial charge in [-0.3, -0.25) is 5.32 Å². The predicted molar refractivity (Wildman–Crippen MR) is 93.1 cm³/mol. The number of aryl methyl sites for hydroxylation is 2. The van der Waals surface area contributed by atoms with Crippen LogP contribution in [-0.2, 0) is 16.4 Å². The van der Waals surface area contributed by atoms with E-state index in [-0.39, 0.29) is 16.7 Å². The lowest BCUT2D eigenvalue weighted by atomic mass is 10.1. The van der Waals surface area contributed by atoms with Gasteiger partial charge in [0.25, 0.3) is 10.0 Å². The summed E-state index contributed by atoms with van der Waals surface area (Å²) in [6.07, 6.45) is 1.38. The van der Waals surface area contributed by atoms with Crippen LogP contribution in [0.1, 0.15) is 24.6 Å². The van der Waals surface area contributed by atoms with Crippen LogP contribution < -0.4 is 14.8 Å². The summed E-state index contributed by atoms with van der Waals surface area (Å²) in [7, 11) is -2.58. The molecule has 0 radical (unpaired) electrons. The molecule has 2 aromatic rings. The highest BCUT2D eigenvalue weighted by molar-refractivity contribution is 7.90. The first kappa shape index (κ1) is 18.7. The predicted octanol–water partition coefficient (Wildman–Crippen LogP) is 2.26. The van der Waals surface area contributed by atoms with Gasteiger partial charge < -0.3 is 4.74 Å². The van der Waals surface area contributed by atoms with Crippen molar-refractivity contribution in [3.05, 3.63) is 41.6 Å². The van der Waals surface area contributed by atoms with Gasteiger partial charge in [0.2, 0.25) is 11.8 Å². The first-order valence-electron chi connectivity index (χ1n) is 7.67. The number of urea groups is 1. The summed E-state index contributed by atoms with van der Waals surface area (Å²) in [6, 6.07) is 7.20. The van der Waals surface area contributed by atoms with Crippen molar-refractivity contribution in [1.29, 1.82) is 0 Å². The van der Waals surface area contributed by atoms with Crippen molar-refractivity contribution in [1.82, 2.24) is 14.7 Å². The molecule has 0 bridgehead atoms. The van der Waals surface area contributed by atoms with E-state index in [0.29, 0.717) is 17.7 Å². The number of anilines is 1. The van der Waals surface area contributed by atoms with Crippen molar-refractivity contribution in [3.8, 4) is 5.88 Å². The van der Waals surface area contributed by atoms with Gasteiger partial charge in [-0.2, -0.15) is 4.98 Å². The number of carbonyl (C=O) groups excluding carboxylic acids is 1. The molecular formula is C16H20N4O4S. The molecule has 1 aromatic heterocycles. The van der Waals surface area contributed by atoms with Crippen LogP contribution in [0.3, 0.4) is 0 Å². The van der Waals surface area contributed by atoms with E-state index in [0.717, 1.165) is 6.42 Å².